The highest BCUT2D eigenvalue weighted by atomic mass is 19.4. The average Bonchev–Trinajstić information content (AvgIpc) is 2.69. The number of aromatic hydroxyl groups is 1. The van der Waals surface area contributed by atoms with Gasteiger partial charge in [-0.1, -0.05) is 24.3 Å². The summed E-state index contributed by atoms with van der Waals surface area (Å²) in [6.07, 6.45) is -4.40. The summed E-state index contributed by atoms with van der Waals surface area (Å²) in [6.45, 7) is 0. The number of anilines is 2. The summed E-state index contributed by atoms with van der Waals surface area (Å²) in [4.78, 5) is 23.9. The van der Waals surface area contributed by atoms with Gasteiger partial charge >= 0.3 is 18.0 Å². The Morgan fingerprint density at radius 1 is 0.655 bits per heavy atom. The maximum Gasteiger partial charge on any atom is 0.416 e. The molecule has 3 aromatic carbocycles. The van der Waals surface area contributed by atoms with Crippen molar-refractivity contribution in [2.75, 3.05) is 10.6 Å². The van der Waals surface area contributed by atoms with Crippen LogP contribution < -0.4 is 10.6 Å². The highest BCUT2D eigenvalue weighted by molar-refractivity contribution is 6.43. The zero-order valence-corrected chi connectivity index (χ0v) is 14.8. The number of carbonyl (C=O) groups excluding carboxylic acids is 2. The molecule has 2 amide bonds. The number of nitrogens with one attached hydrogen (secondary N) is 2. The fourth-order valence-electron chi connectivity index (χ4n) is 2.52. The van der Waals surface area contributed by atoms with Crippen molar-refractivity contribution >= 4 is 23.2 Å². The first kappa shape index (κ1) is 19.9. The molecule has 8 heteroatoms. The number of amides is 2. The summed E-state index contributed by atoms with van der Waals surface area (Å²) in [6, 6.07) is 16.7. The van der Waals surface area contributed by atoms with Crippen LogP contribution in [0.4, 0.5) is 24.5 Å². The number of carbonyl (C=O) groups is 2. The van der Waals surface area contributed by atoms with Crippen molar-refractivity contribution in [3.05, 3.63) is 78.4 Å². The van der Waals surface area contributed by atoms with Crippen LogP contribution in [0.25, 0.3) is 11.1 Å². The minimum Gasteiger partial charge on any atom is -0.508 e. The number of hydrogen-bond acceptors (Lipinski definition) is 3. The number of phenols is 1. The molecule has 5 nitrogen and oxygen atoms in total. The van der Waals surface area contributed by atoms with Gasteiger partial charge in [0, 0.05) is 11.4 Å². The summed E-state index contributed by atoms with van der Waals surface area (Å²) in [7, 11) is 0. The second-order valence-electron chi connectivity index (χ2n) is 6.11. The molecule has 0 aliphatic rings. The van der Waals surface area contributed by atoms with E-state index in [1.54, 1.807) is 24.3 Å². The molecule has 0 saturated heterocycles. The first-order valence-corrected chi connectivity index (χ1v) is 8.41. The van der Waals surface area contributed by atoms with E-state index in [0.717, 1.165) is 12.1 Å². The van der Waals surface area contributed by atoms with E-state index in [9.17, 15) is 27.9 Å². The fraction of sp³-hybridized carbons (Fsp3) is 0.0476. The van der Waals surface area contributed by atoms with E-state index in [0.29, 0.717) is 22.5 Å². The Morgan fingerprint density at radius 2 is 1.03 bits per heavy atom. The topological polar surface area (TPSA) is 78.4 Å². The molecule has 0 aliphatic carbocycles. The zero-order chi connectivity index (χ0) is 21.0. The smallest absolute Gasteiger partial charge is 0.416 e. The van der Waals surface area contributed by atoms with Crippen LogP contribution in [0, 0.1) is 0 Å². The summed E-state index contributed by atoms with van der Waals surface area (Å²) >= 11 is 0. The molecule has 148 valence electrons. The van der Waals surface area contributed by atoms with Crippen molar-refractivity contribution in [1.29, 1.82) is 0 Å². The molecule has 0 atom stereocenters. The SMILES string of the molecule is O=C(Nc1ccc(O)cc1)C(=O)Nc1ccc(-c2ccc(C(F)(F)F)cc2)cc1. The third kappa shape index (κ3) is 5.13. The number of alkyl halides is 3. The van der Waals surface area contributed by atoms with Crippen molar-refractivity contribution in [1.82, 2.24) is 0 Å². The van der Waals surface area contributed by atoms with Crippen LogP contribution in [0.5, 0.6) is 5.75 Å². The summed E-state index contributed by atoms with van der Waals surface area (Å²) in [5.74, 6) is -1.75. The van der Waals surface area contributed by atoms with Crippen LogP contribution in [0.1, 0.15) is 5.56 Å². The van der Waals surface area contributed by atoms with E-state index >= 15 is 0 Å². The number of rotatable bonds is 3. The molecular formula is C21H15F3N2O3. The lowest BCUT2D eigenvalue weighted by Gasteiger charge is -2.09. The highest BCUT2D eigenvalue weighted by Crippen LogP contribution is 2.31. The molecule has 0 saturated carbocycles. The molecule has 0 unspecified atom stereocenters. The van der Waals surface area contributed by atoms with Gasteiger partial charge < -0.3 is 15.7 Å². The number of benzene rings is 3. The summed E-state index contributed by atoms with van der Waals surface area (Å²) < 4.78 is 37.9. The quantitative estimate of drug-likeness (QED) is 0.442. The summed E-state index contributed by atoms with van der Waals surface area (Å²) in [5.41, 5.74) is 1.21. The third-order valence-corrected chi connectivity index (χ3v) is 4.02. The van der Waals surface area contributed by atoms with Gasteiger partial charge in [0.25, 0.3) is 0 Å². The van der Waals surface area contributed by atoms with E-state index in [1.165, 1.54) is 36.4 Å². The lowest BCUT2D eigenvalue weighted by Crippen LogP contribution is -2.29. The Hall–Kier alpha value is -3.81. The van der Waals surface area contributed by atoms with Crippen LogP contribution in [-0.2, 0) is 15.8 Å². The Morgan fingerprint density at radius 3 is 1.45 bits per heavy atom. The van der Waals surface area contributed by atoms with Gasteiger partial charge in [0.05, 0.1) is 5.56 Å². The van der Waals surface area contributed by atoms with Crippen molar-refractivity contribution in [3.8, 4) is 16.9 Å². The van der Waals surface area contributed by atoms with Gasteiger partial charge in [-0.2, -0.15) is 13.2 Å². The molecule has 0 aromatic heterocycles. The average molecular weight is 400 g/mol. The standard InChI is InChI=1S/C21H15F3N2O3/c22-21(23,24)15-5-1-13(2-6-15)14-3-7-16(8-4-14)25-19(28)20(29)26-17-9-11-18(27)12-10-17/h1-12,27H,(H,25,28)(H,26,29). The van der Waals surface area contributed by atoms with Gasteiger partial charge in [-0.3, -0.25) is 9.59 Å². The second-order valence-corrected chi connectivity index (χ2v) is 6.11. The minimum absolute atomic E-state index is 0.0283. The molecule has 0 bridgehead atoms. The Bertz CT molecular complexity index is 1010. The van der Waals surface area contributed by atoms with Gasteiger partial charge in [-0.05, 0) is 59.7 Å². The first-order chi connectivity index (χ1) is 13.7. The van der Waals surface area contributed by atoms with Gasteiger partial charge in [0.1, 0.15) is 5.75 Å². The maximum atomic E-state index is 12.6. The van der Waals surface area contributed by atoms with E-state index in [4.69, 9.17) is 0 Å². The van der Waals surface area contributed by atoms with Crippen molar-refractivity contribution in [2.45, 2.75) is 6.18 Å². The zero-order valence-electron chi connectivity index (χ0n) is 14.8. The normalized spacial score (nSPS) is 11.0. The van der Waals surface area contributed by atoms with E-state index in [-0.39, 0.29) is 5.75 Å². The first-order valence-electron chi connectivity index (χ1n) is 8.41. The van der Waals surface area contributed by atoms with Crippen LogP contribution in [-0.4, -0.2) is 16.9 Å². The van der Waals surface area contributed by atoms with Gasteiger partial charge in [-0.25, -0.2) is 0 Å². The van der Waals surface area contributed by atoms with Gasteiger partial charge in [-0.15, -0.1) is 0 Å². The van der Waals surface area contributed by atoms with Gasteiger partial charge in [0.2, 0.25) is 0 Å². The predicted octanol–water partition coefficient (Wildman–Crippen LogP) is 4.66. The molecule has 0 aliphatic heterocycles. The summed E-state index contributed by atoms with van der Waals surface area (Å²) in [5, 5.41) is 14.0. The molecule has 0 spiro atoms. The lowest BCUT2D eigenvalue weighted by atomic mass is 10.0. The molecule has 0 fully saturated rings. The fourth-order valence-corrected chi connectivity index (χ4v) is 2.52. The second kappa shape index (κ2) is 8.05. The molecule has 29 heavy (non-hydrogen) atoms. The number of hydrogen-bond donors (Lipinski definition) is 3. The van der Waals surface area contributed by atoms with Gasteiger partial charge in [0.15, 0.2) is 0 Å². The Balaban J connectivity index is 1.63. The molecule has 0 heterocycles. The Labute approximate surface area is 163 Å². The van der Waals surface area contributed by atoms with Crippen molar-refractivity contribution < 1.29 is 27.9 Å². The van der Waals surface area contributed by atoms with Crippen LogP contribution >= 0.6 is 0 Å². The predicted molar refractivity (Wildman–Crippen MR) is 102 cm³/mol. The van der Waals surface area contributed by atoms with Crippen molar-refractivity contribution in [3.63, 3.8) is 0 Å². The van der Waals surface area contributed by atoms with E-state index < -0.39 is 23.6 Å². The number of phenolic OH excluding ortho intramolecular Hbond substituents is 1. The number of halogens is 3. The lowest BCUT2D eigenvalue weighted by molar-refractivity contribution is -0.137. The maximum absolute atomic E-state index is 12.6. The van der Waals surface area contributed by atoms with E-state index in [2.05, 4.69) is 10.6 Å². The highest BCUT2D eigenvalue weighted by Gasteiger charge is 2.29. The van der Waals surface area contributed by atoms with E-state index in [1.807, 2.05) is 0 Å². The molecule has 0 radical (unpaired) electrons. The monoisotopic (exact) mass is 400 g/mol. The van der Waals surface area contributed by atoms with Crippen LogP contribution in [0.2, 0.25) is 0 Å². The molecular weight excluding hydrogens is 385 g/mol. The largest absolute Gasteiger partial charge is 0.508 e. The Kier molecular flexibility index (Phi) is 5.54. The third-order valence-electron chi connectivity index (χ3n) is 4.02. The molecule has 3 aromatic rings. The van der Waals surface area contributed by atoms with Crippen molar-refractivity contribution in [2.24, 2.45) is 0 Å². The van der Waals surface area contributed by atoms with Crippen LogP contribution in [0.15, 0.2) is 72.8 Å². The minimum atomic E-state index is -4.40. The molecule has 3 N–H and O–H groups in total. The molecule has 3 rings (SSSR count). The van der Waals surface area contributed by atoms with Crippen LogP contribution in [0.3, 0.4) is 0 Å².